The third-order valence-electron chi connectivity index (χ3n) is 3.49. The zero-order chi connectivity index (χ0) is 15.4. The fourth-order valence-electron chi connectivity index (χ4n) is 2.23. The van der Waals surface area contributed by atoms with Crippen molar-refractivity contribution in [3.05, 3.63) is 104 Å². The zero-order valence-corrected chi connectivity index (χ0v) is 21.1. The van der Waals surface area contributed by atoms with Gasteiger partial charge >= 0.3 is 32.7 Å². The average molecular weight is 486 g/mol. The molecule has 3 rings (SSSR count). The number of benzene rings is 2. The summed E-state index contributed by atoms with van der Waals surface area (Å²) in [6.45, 7) is 2.04. The van der Waals surface area contributed by atoms with Crippen LogP contribution < -0.4 is 4.57 Å². The Kier molecular flexibility index (Phi) is 14.7. The number of rotatable bonds is 3. The summed E-state index contributed by atoms with van der Waals surface area (Å²) in [6.07, 6.45) is 5.44. The molecule has 4 radical (unpaired) electrons. The first-order valence-corrected chi connectivity index (χ1v) is 7.21. The van der Waals surface area contributed by atoms with E-state index < -0.39 is 0 Å². The van der Waals surface area contributed by atoms with E-state index in [1.165, 1.54) is 0 Å². The molecule has 0 spiro atoms. The number of hydrogen-bond acceptors (Lipinski definition) is 0. The van der Waals surface area contributed by atoms with E-state index in [2.05, 4.69) is 24.3 Å². The first-order valence-electron chi connectivity index (χ1n) is 7.21. The molecule has 0 saturated carbocycles. The molecule has 4 heteroatoms. The standard InChI is InChI=1S/C21H16N.CH3.B.2Y/c1-17(18-9-5-3-6-10-18)15-21-16-20(13-14-22(21)2)19-11-7-4-8-12-19;;;;/h3-9,11,13-14H,1-2H3;1H3;;;/q-3;-1;;;+3. The van der Waals surface area contributed by atoms with Crippen LogP contribution >= 0.6 is 0 Å². The van der Waals surface area contributed by atoms with Gasteiger partial charge < -0.3 is 30.7 Å². The molecule has 0 aliphatic carbocycles. The summed E-state index contributed by atoms with van der Waals surface area (Å²) in [6, 6.07) is 27.8. The third-order valence-corrected chi connectivity index (χ3v) is 3.49. The van der Waals surface area contributed by atoms with Gasteiger partial charge in [-0.2, -0.15) is 17.7 Å². The van der Waals surface area contributed by atoms with E-state index in [0.29, 0.717) is 0 Å². The number of nitrogens with zero attached hydrogens (tertiary/aromatic N) is 1. The van der Waals surface area contributed by atoms with Gasteiger partial charge in [-0.1, -0.05) is 11.8 Å². The summed E-state index contributed by atoms with van der Waals surface area (Å²) in [5.74, 6) is 0. The first-order chi connectivity index (χ1) is 10.7. The van der Waals surface area contributed by atoms with E-state index in [1.54, 1.807) is 0 Å². The monoisotopic (exact) mass is 486 g/mol. The van der Waals surface area contributed by atoms with Crippen LogP contribution in [0.25, 0.3) is 16.7 Å². The Morgan fingerprint density at radius 3 is 2.19 bits per heavy atom. The zero-order valence-electron chi connectivity index (χ0n) is 15.5. The number of hydrogen-bond donors (Lipinski definition) is 0. The van der Waals surface area contributed by atoms with Crippen molar-refractivity contribution >= 4 is 14.0 Å². The maximum Gasteiger partial charge on any atom is 3.00 e. The minimum Gasteiger partial charge on any atom is -0.358 e. The summed E-state index contributed by atoms with van der Waals surface area (Å²) in [5.41, 5.74) is 5.06. The third kappa shape index (κ3) is 7.31. The molecule has 1 nitrogen and oxygen atoms in total. The molecule has 0 saturated heterocycles. The number of aromatic nitrogens is 1. The summed E-state index contributed by atoms with van der Waals surface area (Å²) >= 11 is 0. The molecule has 0 atom stereocenters. The molecule has 122 valence electrons. The maximum atomic E-state index is 3.42. The van der Waals surface area contributed by atoms with Crippen LogP contribution in [0.2, 0.25) is 0 Å². The van der Waals surface area contributed by atoms with Crippen molar-refractivity contribution in [3.63, 3.8) is 0 Å². The summed E-state index contributed by atoms with van der Waals surface area (Å²) in [4.78, 5) is 0. The smallest absolute Gasteiger partial charge is 0.358 e. The van der Waals surface area contributed by atoms with Gasteiger partial charge in [0.2, 0.25) is 0 Å². The average Bonchev–Trinajstić information content (AvgIpc) is 2.58. The van der Waals surface area contributed by atoms with Gasteiger partial charge in [0, 0.05) is 41.1 Å². The van der Waals surface area contributed by atoms with Gasteiger partial charge in [-0.05, 0) is 0 Å². The molecule has 0 fully saturated rings. The van der Waals surface area contributed by atoms with Gasteiger partial charge in [0.15, 0.2) is 6.20 Å². The van der Waals surface area contributed by atoms with Gasteiger partial charge in [-0.15, -0.1) is 43.3 Å². The van der Waals surface area contributed by atoms with Crippen LogP contribution in [0, 0.1) is 31.7 Å². The molecule has 26 heavy (non-hydrogen) atoms. The van der Waals surface area contributed by atoms with Crippen molar-refractivity contribution in [2.24, 2.45) is 7.05 Å². The van der Waals surface area contributed by atoms with Crippen molar-refractivity contribution in [2.75, 3.05) is 0 Å². The van der Waals surface area contributed by atoms with Crippen molar-refractivity contribution in [1.82, 2.24) is 0 Å². The fourth-order valence-corrected chi connectivity index (χ4v) is 2.23. The number of aryl methyl sites for hydroxylation is 1. The van der Waals surface area contributed by atoms with Crippen molar-refractivity contribution in [1.29, 1.82) is 0 Å². The first kappa shape index (κ1) is 27.8. The molecule has 0 aliphatic heterocycles. The topological polar surface area (TPSA) is 3.88 Å². The molecule has 1 heterocycles. The van der Waals surface area contributed by atoms with Crippen molar-refractivity contribution in [2.45, 2.75) is 6.92 Å². The largest absolute Gasteiger partial charge is 3.00 e. The fraction of sp³-hybridized carbons (Fsp3) is 0.0909. The molecule has 0 amide bonds. The Bertz CT molecular complexity index is 803. The Balaban J connectivity index is 0. The van der Waals surface area contributed by atoms with Crippen molar-refractivity contribution < 1.29 is 70.0 Å². The molecule has 1 aromatic heterocycles. The van der Waals surface area contributed by atoms with Crippen molar-refractivity contribution in [3.8, 4) is 11.1 Å². The van der Waals surface area contributed by atoms with E-state index in [1.807, 2.05) is 79.3 Å². The van der Waals surface area contributed by atoms with Gasteiger partial charge in [-0.3, -0.25) is 12.1 Å². The summed E-state index contributed by atoms with van der Waals surface area (Å²) < 4.78 is 2.01. The molecule has 0 N–H and O–H groups in total. The quantitative estimate of drug-likeness (QED) is 0.301. The SMILES string of the molecule is CC(=[C-]c1[c-]c(-c2[c-]cccc2)cc[n+]1C)c1[c-]cccc1.[B].[CH3-].[Y+3].[Y]. The summed E-state index contributed by atoms with van der Waals surface area (Å²) in [7, 11) is 2.00. The van der Waals surface area contributed by atoms with Gasteiger partial charge in [-0.25, -0.2) is 10.1 Å². The predicted molar refractivity (Wildman–Crippen MR) is 99.6 cm³/mol. The van der Waals surface area contributed by atoms with Crippen LogP contribution in [0.5, 0.6) is 0 Å². The normalized spacial score (nSPS) is 9.69. The van der Waals surface area contributed by atoms with E-state index in [-0.39, 0.29) is 81.3 Å². The molecule has 0 aliphatic rings. The molecule has 3 aromatic rings. The van der Waals surface area contributed by atoms with E-state index in [4.69, 9.17) is 0 Å². The van der Waals surface area contributed by atoms with Crippen LogP contribution in [-0.4, -0.2) is 8.41 Å². The minimum atomic E-state index is 0. The second-order valence-corrected chi connectivity index (χ2v) is 5.12. The molecule has 0 bridgehead atoms. The van der Waals surface area contributed by atoms with E-state index in [0.717, 1.165) is 28.0 Å². The minimum absolute atomic E-state index is 0. The van der Waals surface area contributed by atoms with Crippen LogP contribution in [0.1, 0.15) is 18.2 Å². The second-order valence-electron chi connectivity index (χ2n) is 5.12. The van der Waals surface area contributed by atoms with Gasteiger partial charge in [0.05, 0.1) is 0 Å². The second kappa shape index (κ2) is 13.7. The molecule has 0 unspecified atom stereocenters. The van der Waals surface area contributed by atoms with Gasteiger partial charge in [0.25, 0.3) is 0 Å². The Morgan fingerprint density at radius 2 is 1.62 bits per heavy atom. The van der Waals surface area contributed by atoms with Crippen LogP contribution in [0.4, 0.5) is 0 Å². The molecule has 2 aromatic carbocycles. The summed E-state index contributed by atoms with van der Waals surface area (Å²) in [5, 5.41) is 0. The molecular weight excluding hydrogens is 467 g/mol. The molecular formula is C22H19BNY2-. The number of allylic oxidation sites excluding steroid dienone is 1. The number of pyridine rings is 1. The van der Waals surface area contributed by atoms with Crippen LogP contribution in [0.3, 0.4) is 0 Å². The Morgan fingerprint density at radius 1 is 0.962 bits per heavy atom. The van der Waals surface area contributed by atoms with Crippen LogP contribution in [0.15, 0.2) is 60.8 Å². The maximum absolute atomic E-state index is 3.42. The Labute approximate surface area is 210 Å². The van der Waals surface area contributed by atoms with Crippen LogP contribution in [-0.2, 0) is 72.5 Å². The van der Waals surface area contributed by atoms with E-state index in [9.17, 15) is 0 Å². The predicted octanol–water partition coefficient (Wildman–Crippen LogP) is 3.90. The Hall–Kier alpha value is -0.397. The van der Waals surface area contributed by atoms with E-state index >= 15 is 0 Å². The van der Waals surface area contributed by atoms with Gasteiger partial charge in [0.1, 0.15) is 7.05 Å².